The molecule has 1 aliphatic heterocycles. The van der Waals surface area contributed by atoms with E-state index in [4.69, 9.17) is 10.6 Å². The summed E-state index contributed by atoms with van der Waals surface area (Å²) < 4.78 is 5.79. The average Bonchev–Trinajstić information content (AvgIpc) is 2.94. The number of fused-ring (bicyclic) bond motifs is 1. The summed E-state index contributed by atoms with van der Waals surface area (Å²) in [5, 5.41) is 0. The van der Waals surface area contributed by atoms with Crippen LogP contribution in [0.5, 0.6) is 5.75 Å². The normalized spacial score (nSPS) is 19.5. The molecule has 1 heterocycles. The lowest BCUT2D eigenvalue weighted by Crippen LogP contribution is -2.28. The van der Waals surface area contributed by atoms with E-state index in [2.05, 4.69) is 29.7 Å². The van der Waals surface area contributed by atoms with Crippen LogP contribution in [0.25, 0.3) is 0 Å². The molecule has 1 aromatic rings. The van der Waals surface area contributed by atoms with Crippen molar-refractivity contribution in [2.45, 2.75) is 44.6 Å². The molecule has 0 radical (unpaired) electrons. The fourth-order valence-corrected chi connectivity index (χ4v) is 3.13. The molecule has 1 atom stereocenters. The first kappa shape index (κ1) is 12.7. The maximum Gasteiger partial charge on any atom is 0.127 e. The summed E-state index contributed by atoms with van der Waals surface area (Å²) in [4.78, 5) is 0. The Morgan fingerprint density at radius 3 is 3.00 bits per heavy atom. The number of ether oxygens (including phenoxy) is 1. The third-order valence-electron chi connectivity index (χ3n) is 4.17. The molecule has 0 saturated heterocycles. The fourth-order valence-electron chi connectivity index (χ4n) is 3.13. The SMILES string of the molecule is NNC(CC1=CCCCC1)c1cccc2c1OCC2. The minimum Gasteiger partial charge on any atom is -0.493 e. The number of nitrogens with one attached hydrogen (secondary N) is 1. The van der Waals surface area contributed by atoms with E-state index in [-0.39, 0.29) is 6.04 Å². The van der Waals surface area contributed by atoms with Crippen LogP contribution in [0, 0.1) is 0 Å². The summed E-state index contributed by atoms with van der Waals surface area (Å²) in [6.07, 6.45) is 9.47. The molecule has 1 aliphatic carbocycles. The number of rotatable bonds is 4. The smallest absolute Gasteiger partial charge is 0.127 e. The van der Waals surface area contributed by atoms with Gasteiger partial charge in [-0.15, -0.1) is 0 Å². The first-order chi connectivity index (χ1) is 9.38. The molecule has 0 fully saturated rings. The van der Waals surface area contributed by atoms with Gasteiger partial charge in [0.25, 0.3) is 0 Å². The molecule has 0 amide bonds. The summed E-state index contributed by atoms with van der Waals surface area (Å²) in [6.45, 7) is 0.798. The highest BCUT2D eigenvalue weighted by Gasteiger charge is 2.22. The Kier molecular flexibility index (Phi) is 3.85. The summed E-state index contributed by atoms with van der Waals surface area (Å²) >= 11 is 0. The van der Waals surface area contributed by atoms with Gasteiger partial charge < -0.3 is 4.74 Å². The third-order valence-corrected chi connectivity index (χ3v) is 4.17. The maximum absolute atomic E-state index is 5.79. The molecule has 3 N–H and O–H groups in total. The van der Waals surface area contributed by atoms with Crippen molar-refractivity contribution in [3.8, 4) is 5.75 Å². The van der Waals surface area contributed by atoms with E-state index in [0.29, 0.717) is 0 Å². The second kappa shape index (κ2) is 5.76. The first-order valence-corrected chi connectivity index (χ1v) is 7.27. The summed E-state index contributed by atoms with van der Waals surface area (Å²) in [6, 6.07) is 6.57. The molecule has 3 nitrogen and oxygen atoms in total. The van der Waals surface area contributed by atoms with Gasteiger partial charge in [0.15, 0.2) is 0 Å². The molecule has 2 aliphatic rings. The molecule has 102 valence electrons. The molecule has 0 saturated carbocycles. The predicted molar refractivity (Wildman–Crippen MR) is 76.9 cm³/mol. The molecular formula is C16H22N2O. The molecular weight excluding hydrogens is 236 g/mol. The number of allylic oxidation sites excluding steroid dienone is 1. The molecule has 0 bridgehead atoms. The van der Waals surface area contributed by atoms with Crippen molar-refractivity contribution in [2.24, 2.45) is 5.84 Å². The Morgan fingerprint density at radius 2 is 2.21 bits per heavy atom. The predicted octanol–water partition coefficient (Wildman–Crippen LogP) is 3.02. The van der Waals surface area contributed by atoms with E-state index in [1.165, 1.54) is 42.4 Å². The quantitative estimate of drug-likeness (QED) is 0.496. The average molecular weight is 258 g/mol. The summed E-state index contributed by atoms with van der Waals surface area (Å²) in [7, 11) is 0. The van der Waals surface area contributed by atoms with Gasteiger partial charge in [0.1, 0.15) is 5.75 Å². The lowest BCUT2D eigenvalue weighted by molar-refractivity contribution is 0.348. The van der Waals surface area contributed by atoms with Gasteiger partial charge in [0.05, 0.1) is 12.6 Å². The zero-order chi connectivity index (χ0) is 13.1. The van der Waals surface area contributed by atoms with Gasteiger partial charge in [0, 0.05) is 12.0 Å². The van der Waals surface area contributed by atoms with Crippen LogP contribution in [0.3, 0.4) is 0 Å². The third kappa shape index (κ3) is 2.67. The van der Waals surface area contributed by atoms with Crippen LogP contribution in [0.1, 0.15) is 49.3 Å². The zero-order valence-corrected chi connectivity index (χ0v) is 11.3. The number of hydrazine groups is 1. The molecule has 0 spiro atoms. The maximum atomic E-state index is 5.79. The Balaban J connectivity index is 1.82. The Morgan fingerprint density at radius 1 is 1.26 bits per heavy atom. The Labute approximate surface area is 114 Å². The van der Waals surface area contributed by atoms with Crippen LogP contribution in [0.4, 0.5) is 0 Å². The van der Waals surface area contributed by atoms with Gasteiger partial charge in [-0.05, 0) is 37.7 Å². The van der Waals surface area contributed by atoms with E-state index < -0.39 is 0 Å². The van der Waals surface area contributed by atoms with Gasteiger partial charge in [-0.1, -0.05) is 29.8 Å². The van der Waals surface area contributed by atoms with Gasteiger partial charge in [0.2, 0.25) is 0 Å². The number of para-hydroxylation sites is 1. The second-order valence-electron chi connectivity index (χ2n) is 5.47. The van der Waals surface area contributed by atoms with Crippen LogP contribution in [-0.2, 0) is 6.42 Å². The minimum atomic E-state index is 0.164. The van der Waals surface area contributed by atoms with Crippen molar-refractivity contribution in [1.82, 2.24) is 5.43 Å². The largest absolute Gasteiger partial charge is 0.493 e. The van der Waals surface area contributed by atoms with Gasteiger partial charge in [-0.3, -0.25) is 11.3 Å². The molecule has 1 aromatic carbocycles. The Bertz CT molecular complexity index is 482. The number of hydrogen-bond donors (Lipinski definition) is 2. The minimum absolute atomic E-state index is 0.164. The topological polar surface area (TPSA) is 47.3 Å². The monoisotopic (exact) mass is 258 g/mol. The first-order valence-electron chi connectivity index (χ1n) is 7.27. The van der Waals surface area contributed by atoms with E-state index in [1.807, 2.05) is 0 Å². The summed E-state index contributed by atoms with van der Waals surface area (Å²) in [5.41, 5.74) is 7.03. The van der Waals surface area contributed by atoms with Gasteiger partial charge in [-0.2, -0.15) is 0 Å². The van der Waals surface area contributed by atoms with Crippen molar-refractivity contribution >= 4 is 0 Å². The van der Waals surface area contributed by atoms with E-state index in [0.717, 1.165) is 25.2 Å². The highest BCUT2D eigenvalue weighted by Crippen LogP contribution is 2.36. The lowest BCUT2D eigenvalue weighted by Gasteiger charge is -2.22. The van der Waals surface area contributed by atoms with E-state index >= 15 is 0 Å². The van der Waals surface area contributed by atoms with E-state index in [9.17, 15) is 0 Å². The molecule has 1 unspecified atom stereocenters. The van der Waals surface area contributed by atoms with Crippen molar-refractivity contribution < 1.29 is 4.74 Å². The van der Waals surface area contributed by atoms with E-state index in [1.54, 1.807) is 0 Å². The fraction of sp³-hybridized carbons (Fsp3) is 0.500. The molecule has 3 rings (SSSR count). The number of benzene rings is 1. The van der Waals surface area contributed by atoms with Crippen LogP contribution < -0.4 is 16.0 Å². The van der Waals surface area contributed by atoms with Gasteiger partial charge >= 0.3 is 0 Å². The highest BCUT2D eigenvalue weighted by molar-refractivity contribution is 5.46. The highest BCUT2D eigenvalue weighted by atomic mass is 16.5. The standard InChI is InChI=1S/C16H22N2O/c17-18-15(11-12-5-2-1-3-6-12)14-8-4-7-13-9-10-19-16(13)14/h4-5,7-8,15,18H,1-3,6,9-11,17H2. The van der Waals surface area contributed by atoms with Crippen molar-refractivity contribution in [3.63, 3.8) is 0 Å². The zero-order valence-electron chi connectivity index (χ0n) is 11.3. The molecule has 19 heavy (non-hydrogen) atoms. The lowest BCUT2D eigenvalue weighted by atomic mass is 9.91. The van der Waals surface area contributed by atoms with Crippen LogP contribution in [0.15, 0.2) is 29.8 Å². The number of hydrogen-bond acceptors (Lipinski definition) is 3. The number of nitrogens with two attached hydrogens (primary N) is 1. The summed E-state index contributed by atoms with van der Waals surface area (Å²) in [5.74, 6) is 6.84. The van der Waals surface area contributed by atoms with Crippen molar-refractivity contribution in [2.75, 3.05) is 6.61 Å². The second-order valence-corrected chi connectivity index (χ2v) is 5.47. The van der Waals surface area contributed by atoms with Crippen LogP contribution >= 0.6 is 0 Å². The Hall–Kier alpha value is -1.32. The van der Waals surface area contributed by atoms with Crippen molar-refractivity contribution in [1.29, 1.82) is 0 Å². The van der Waals surface area contributed by atoms with Crippen molar-refractivity contribution in [3.05, 3.63) is 41.0 Å². The van der Waals surface area contributed by atoms with Crippen LogP contribution in [-0.4, -0.2) is 6.61 Å². The molecule has 0 aromatic heterocycles. The molecule has 3 heteroatoms. The van der Waals surface area contributed by atoms with Crippen LogP contribution in [0.2, 0.25) is 0 Å². The van der Waals surface area contributed by atoms with Gasteiger partial charge in [-0.25, -0.2) is 0 Å².